The summed E-state index contributed by atoms with van der Waals surface area (Å²) in [4.78, 5) is 14.8. The van der Waals surface area contributed by atoms with Crippen LogP contribution in [0, 0.1) is 5.92 Å². The van der Waals surface area contributed by atoms with E-state index in [4.69, 9.17) is 21.1 Å². The SMILES string of the molecule is CO[C@H]1CN(C)C(=O)c2ccc(NS(=O)(=O)c3ccc(Cl)cc3)cc2OC[C@@H](C)NC[C@H]1C. The zero-order valence-corrected chi connectivity index (χ0v) is 20.7. The minimum Gasteiger partial charge on any atom is -0.491 e. The van der Waals surface area contributed by atoms with Crippen LogP contribution < -0.4 is 14.8 Å². The summed E-state index contributed by atoms with van der Waals surface area (Å²) < 4.78 is 39.6. The first-order chi connectivity index (χ1) is 15.6. The van der Waals surface area contributed by atoms with Crippen LogP contribution in [0.25, 0.3) is 0 Å². The van der Waals surface area contributed by atoms with E-state index < -0.39 is 10.0 Å². The Morgan fingerprint density at radius 1 is 1.18 bits per heavy atom. The second-order valence-electron chi connectivity index (χ2n) is 8.33. The van der Waals surface area contributed by atoms with Crippen LogP contribution in [-0.4, -0.2) is 65.2 Å². The van der Waals surface area contributed by atoms with E-state index in [0.29, 0.717) is 36.0 Å². The van der Waals surface area contributed by atoms with Gasteiger partial charge in [-0.25, -0.2) is 8.42 Å². The minimum atomic E-state index is -3.84. The highest BCUT2D eigenvalue weighted by atomic mass is 35.5. The van der Waals surface area contributed by atoms with Crippen LogP contribution in [0.3, 0.4) is 0 Å². The van der Waals surface area contributed by atoms with E-state index in [9.17, 15) is 13.2 Å². The number of hydrogen-bond acceptors (Lipinski definition) is 6. The lowest BCUT2D eigenvalue weighted by atomic mass is 10.0. The van der Waals surface area contributed by atoms with E-state index in [1.165, 1.54) is 30.3 Å². The van der Waals surface area contributed by atoms with E-state index in [0.717, 1.165) is 0 Å². The van der Waals surface area contributed by atoms with Gasteiger partial charge in [0.25, 0.3) is 15.9 Å². The molecule has 0 saturated heterocycles. The van der Waals surface area contributed by atoms with Crippen molar-refractivity contribution in [2.45, 2.75) is 30.9 Å². The monoisotopic (exact) mass is 495 g/mol. The summed E-state index contributed by atoms with van der Waals surface area (Å²) in [5.41, 5.74) is 0.637. The maximum Gasteiger partial charge on any atom is 0.261 e. The molecule has 3 atom stereocenters. The highest BCUT2D eigenvalue weighted by molar-refractivity contribution is 7.92. The molecule has 0 aliphatic carbocycles. The average Bonchev–Trinajstić information content (AvgIpc) is 2.78. The lowest BCUT2D eigenvalue weighted by molar-refractivity contribution is 0.0281. The summed E-state index contributed by atoms with van der Waals surface area (Å²) in [7, 11) is -0.481. The van der Waals surface area contributed by atoms with Crippen LogP contribution in [0.5, 0.6) is 5.75 Å². The Labute approximate surface area is 200 Å². The maximum atomic E-state index is 13.2. The first-order valence-corrected chi connectivity index (χ1v) is 12.5. The zero-order chi connectivity index (χ0) is 24.2. The first-order valence-electron chi connectivity index (χ1n) is 10.7. The number of nitrogens with one attached hydrogen (secondary N) is 2. The number of fused-ring (bicyclic) bond motifs is 1. The number of methoxy groups -OCH3 is 1. The molecule has 0 unspecified atom stereocenters. The fourth-order valence-electron chi connectivity index (χ4n) is 3.55. The van der Waals surface area contributed by atoms with Crippen LogP contribution in [0.2, 0.25) is 5.02 Å². The third-order valence-corrected chi connectivity index (χ3v) is 7.25. The topological polar surface area (TPSA) is 97.0 Å². The van der Waals surface area contributed by atoms with E-state index in [1.807, 2.05) is 6.92 Å². The van der Waals surface area contributed by atoms with Crippen LogP contribution >= 0.6 is 11.6 Å². The number of likely N-dealkylation sites (N-methyl/N-ethyl adjacent to an activating group) is 1. The van der Waals surface area contributed by atoms with Gasteiger partial charge in [-0.05, 0) is 49.2 Å². The lowest BCUT2D eigenvalue weighted by Crippen LogP contribution is -2.44. The molecule has 0 aromatic heterocycles. The smallest absolute Gasteiger partial charge is 0.261 e. The Balaban J connectivity index is 1.91. The van der Waals surface area contributed by atoms with Gasteiger partial charge < -0.3 is 19.7 Å². The molecule has 0 fully saturated rings. The summed E-state index contributed by atoms with van der Waals surface area (Å²) in [6.07, 6.45) is -0.132. The summed E-state index contributed by atoms with van der Waals surface area (Å²) in [5, 5.41) is 3.86. The standard InChI is InChI=1S/C23H30ClN3O5S/c1-15-12-25-16(2)14-32-21-11-18(26-33(29,30)19-8-5-17(24)6-9-19)7-10-20(21)23(28)27(3)13-22(15)31-4/h5-11,15-16,22,25-26H,12-14H2,1-4H3/t15-,16-,22+/m1/s1. The van der Waals surface area contributed by atoms with Gasteiger partial charge in [-0.15, -0.1) is 0 Å². The molecule has 1 aliphatic rings. The predicted octanol–water partition coefficient (Wildman–Crippen LogP) is 3.23. The van der Waals surface area contributed by atoms with Gasteiger partial charge in [-0.1, -0.05) is 18.5 Å². The van der Waals surface area contributed by atoms with Crippen LogP contribution in [0.15, 0.2) is 47.4 Å². The molecule has 2 N–H and O–H groups in total. The summed E-state index contributed by atoms with van der Waals surface area (Å²) >= 11 is 5.86. The van der Waals surface area contributed by atoms with Crippen molar-refractivity contribution in [3.8, 4) is 5.75 Å². The molecule has 0 bridgehead atoms. The minimum absolute atomic E-state index is 0.0134. The van der Waals surface area contributed by atoms with Crippen LogP contribution in [0.1, 0.15) is 24.2 Å². The summed E-state index contributed by atoms with van der Waals surface area (Å²) in [6.45, 7) is 5.49. The van der Waals surface area contributed by atoms with Gasteiger partial charge in [0.1, 0.15) is 12.4 Å². The lowest BCUT2D eigenvalue weighted by Gasteiger charge is -2.30. The van der Waals surface area contributed by atoms with E-state index in [1.54, 1.807) is 31.2 Å². The summed E-state index contributed by atoms with van der Waals surface area (Å²) in [5.74, 6) is 0.267. The average molecular weight is 496 g/mol. The molecule has 3 rings (SSSR count). The number of carbonyl (C=O) groups is 1. The highest BCUT2D eigenvalue weighted by Gasteiger charge is 2.26. The van der Waals surface area contributed by atoms with Crippen molar-refractivity contribution in [3.63, 3.8) is 0 Å². The first kappa shape index (κ1) is 25.3. The number of benzene rings is 2. The van der Waals surface area contributed by atoms with Crippen molar-refractivity contribution in [1.82, 2.24) is 10.2 Å². The van der Waals surface area contributed by atoms with E-state index >= 15 is 0 Å². The summed E-state index contributed by atoms with van der Waals surface area (Å²) in [6, 6.07) is 10.5. The molecule has 1 amide bonds. The van der Waals surface area contributed by atoms with E-state index in [2.05, 4.69) is 17.0 Å². The van der Waals surface area contributed by atoms with Crippen molar-refractivity contribution in [2.75, 3.05) is 38.6 Å². The molecule has 180 valence electrons. The van der Waals surface area contributed by atoms with E-state index in [-0.39, 0.29) is 34.6 Å². The molecule has 1 heterocycles. The van der Waals surface area contributed by atoms with Crippen molar-refractivity contribution in [2.24, 2.45) is 5.92 Å². The third-order valence-electron chi connectivity index (χ3n) is 5.60. The number of anilines is 1. The number of amides is 1. The molecular weight excluding hydrogens is 466 g/mol. The molecule has 1 aliphatic heterocycles. The molecule has 0 radical (unpaired) electrons. The van der Waals surface area contributed by atoms with Crippen LogP contribution in [0.4, 0.5) is 5.69 Å². The number of ether oxygens (including phenoxy) is 2. The van der Waals surface area contributed by atoms with Gasteiger partial charge in [0.2, 0.25) is 0 Å². The van der Waals surface area contributed by atoms with Crippen molar-refractivity contribution >= 4 is 33.2 Å². The second-order valence-corrected chi connectivity index (χ2v) is 10.4. The maximum absolute atomic E-state index is 13.2. The van der Waals surface area contributed by atoms with Gasteiger partial charge in [0.15, 0.2) is 0 Å². The highest BCUT2D eigenvalue weighted by Crippen LogP contribution is 2.27. The van der Waals surface area contributed by atoms with Crippen molar-refractivity contribution in [3.05, 3.63) is 53.1 Å². The fourth-order valence-corrected chi connectivity index (χ4v) is 4.72. The van der Waals surface area contributed by atoms with Gasteiger partial charge in [-0.2, -0.15) is 0 Å². The molecule has 8 nitrogen and oxygen atoms in total. The Morgan fingerprint density at radius 3 is 2.55 bits per heavy atom. The molecule has 10 heteroatoms. The molecule has 2 aromatic rings. The third kappa shape index (κ3) is 6.38. The Morgan fingerprint density at radius 2 is 1.88 bits per heavy atom. The number of carbonyl (C=O) groups excluding carboxylic acids is 1. The Hall–Kier alpha value is -2.33. The van der Waals surface area contributed by atoms with Gasteiger partial charge in [0.05, 0.1) is 22.3 Å². The largest absolute Gasteiger partial charge is 0.491 e. The second kappa shape index (κ2) is 10.7. The number of nitrogens with zero attached hydrogens (tertiary/aromatic N) is 1. The molecule has 0 saturated carbocycles. The number of halogens is 1. The molecule has 2 aromatic carbocycles. The molecule has 33 heavy (non-hydrogen) atoms. The quantitative estimate of drug-likeness (QED) is 0.676. The number of sulfonamides is 1. The number of hydrogen-bond donors (Lipinski definition) is 2. The normalized spacial score (nSPS) is 22.5. The van der Waals surface area contributed by atoms with Gasteiger partial charge >= 0.3 is 0 Å². The Kier molecular flexibility index (Phi) is 8.23. The number of rotatable bonds is 4. The van der Waals surface area contributed by atoms with Crippen molar-refractivity contribution in [1.29, 1.82) is 0 Å². The fraction of sp³-hybridized carbons (Fsp3) is 0.435. The van der Waals surface area contributed by atoms with Gasteiger partial charge in [-0.3, -0.25) is 9.52 Å². The Bertz CT molecular complexity index is 1080. The predicted molar refractivity (Wildman–Crippen MR) is 129 cm³/mol. The zero-order valence-electron chi connectivity index (χ0n) is 19.2. The molecular formula is C23H30ClN3O5S. The van der Waals surface area contributed by atoms with Gasteiger partial charge in [0, 0.05) is 44.4 Å². The molecule has 0 spiro atoms. The van der Waals surface area contributed by atoms with Crippen LogP contribution in [-0.2, 0) is 14.8 Å². The van der Waals surface area contributed by atoms with Crippen molar-refractivity contribution < 1.29 is 22.7 Å².